The van der Waals surface area contributed by atoms with Gasteiger partial charge in [0.15, 0.2) is 17.4 Å². The first-order chi connectivity index (χ1) is 12.7. The SMILES string of the molecule is CN=C(NCC(=O)Nc1ccc(F)cc1)NCc1nnc2ccccn12.I. The van der Waals surface area contributed by atoms with Crippen LogP contribution in [-0.4, -0.2) is 40.1 Å². The van der Waals surface area contributed by atoms with Crippen molar-refractivity contribution in [3.63, 3.8) is 0 Å². The zero-order valence-electron chi connectivity index (χ0n) is 14.5. The van der Waals surface area contributed by atoms with E-state index < -0.39 is 0 Å². The van der Waals surface area contributed by atoms with Crippen LogP contribution in [-0.2, 0) is 11.3 Å². The first kappa shape index (κ1) is 20.6. The van der Waals surface area contributed by atoms with Crippen LogP contribution in [0.25, 0.3) is 5.65 Å². The predicted octanol–water partition coefficient (Wildman–Crippen LogP) is 1.79. The highest BCUT2D eigenvalue weighted by Crippen LogP contribution is 2.07. The summed E-state index contributed by atoms with van der Waals surface area (Å²) < 4.78 is 14.7. The van der Waals surface area contributed by atoms with E-state index in [0.717, 1.165) is 11.5 Å². The van der Waals surface area contributed by atoms with E-state index in [1.54, 1.807) is 7.05 Å². The number of guanidine groups is 1. The lowest BCUT2D eigenvalue weighted by Gasteiger charge is -2.11. The van der Waals surface area contributed by atoms with E-state index >= 15 is 0 Å². The number of carbonyl (C=O) groups is 1. The van der Waals surface area contributed by atoms with Gasteiger partial charge in [-0.15, -0.1) is 34.2 Å². The molecule has 142 valence electrons. The Hall–Kier alpha value is -2.76. The molecule has 10 heteroatoms. The second-order valence-corrected chi connectivity index (χ2v) is 5.38. The molecular weight excluding hydrogens is 464 g/mol. The molecular formula is C17H19FIN7O. The number of aromatic nitrogens is 3. The third kappa shape index (κ3) is 5.61. The summed E-state index contributed by atoms with van der Waals surface area (Å²) in [6.45, 7) is 0.405. The van der Waals surface area contributed by atoms with Gasteiger partial charge in [-0.05, 0) is 36.4 Å². The molecule has 3 rings (SSSR count). The molecule has 27 heavy (non-hydrogen) atoms. The molecule has 0 bridgehead atoms. The Morgan fingerprint density at radius 1 is 1.15 bits per heavy atom. The molecule has 0 aliphatic carbocycles. The standard InChI is InChI=1S/C17H18FN7O.HI/c1-19-17(20-10-15-24-23-14-4-2-3-9-25(14)15)21-11-16(26)22-13-7-5-12(18)6-8-13;/h2-9H,10-11H2,1H3,(H,22,26)(H2,19,20,21);1H. The van der Waals surface area contributed by atoms with Crippen molar-refractivity contribution in [1.29, 1.82) is 0 Å². The Labute approximate surface area is 172 Å². The molecule has 3 aromatic rings. The number of pyridine rings is 1. The van der Waals surface area contributed by atoms with Gasteiger partial charge in [0.2, 0.25) is 5.91 Å². The van der Waals surface area contributed by atoms with Crippen LogP contribution in [0.3, 0.4) is 0 Å². The number of benzene rings is 1. The van der Waals surface area contributed by atoms with Gasteiger partial charge in [0.1, 0.15) is 5.82 Å². The van der Waals surface area contributed by atoms with Crippen LogP contribution < -0.4 is 16.0 Å². The topological polar surface area (TPSA) is 95.7 Å². The Bertz CT molecular complexity index is 926. The van der Waals surface area contributed by atoms with Crippen LogP contribution in [0.5, 0.6) is 0 Å². The van der Waals surface area contributed by atoms with Crippen LogP contribution in [0.1, 0.15) is 5.82 Å². The van der Waals surface area contributed by atoms with Gasteiger partial charge in [0.05, 0.1) is 13.1 Å². The minimum atomic E-state index is -0.355. The molecule has 0 aliphatic rings. The minimum Gasteiger partial charge on any atom is -0.349 e. The fraction of sp³-hybridized carbons (Fsp3) is 0.176. The van der Waals surface area contributed by atoms with Gasteiger partial charge < -0.3 is 16.0 Å². The highest BCUT2D eigenvalue weighted by atomic mass is 127. The maximum Gasteiger partial charge on any atom is 0.243 e. The van der Waals surface area contributed by atoms with Crippen molar-refractivity contribution in [2.24, 2.45) is 4.99 Å². The van der Waals surface area contributed by atoms with Gasteiger partial charge in [-0.25, -0.2) is 4.39 Å². The van der Waals surface area contributed by atoms with Crippen molar-refractivity contribution >= 4 is 47.2 Å². The molecule has 0 spiro atoms. The number of hydrogen-bond acceptors (Lipinski definition) is 4. The predicted molar refractivity (Wildman–Crippen MR) is 112 cm³/mol. The number of rotatable bonds is 5. The van der Waals surface area contributed by atoms with Crippen molar-refractivity contribution in [3.05, 3.63) is 60.3 Å². The summed E-state index contributed by atoms with van der Waals surface area (Å²) in [6, 6.07) is 11.2. The van der Waals surface area contributed by atoms with Gasteiger partial charge in [-0.1, -0.05) is 6.07 Å². The average Bonchev–Trinajstić information content (AvgIpc) is 3.07. The van der Waals surface area contributed by atoms with Crippen molar-refractivity contribution in [2.45, 2.75) is 6.54 Å². The lowest BCUT2D eigenvalue weighted by atomic mass is 10.3. The number of aliphatic imine (C=N–C) groups is 1. The molecule has 0 radical (unpaired) electrons. The number of amides is 1. The molecule has 2 aromatic heterocycles. The van der Waals surface area contributed by atoms with Gasteiger partial charge in [0, 0.05) is 18.9 Å². The molecule has 0 saturated carbocycles. The van der Waals surface area contributed by atoms with Gasteiger partial charge in [0.25, 0.3) is 0 Å². The monoisotopic (exact) mass is 483 g/mol. The molecule has 0 aliphatic heterocycles. The largest absolute Gasteiger partial charge is 0.349 e. The van der Waals surface area contributed by atoms with Crippen LogP contribution in [0.15, 0.2) is 53.7 Å². The zero-order chi connectivity index (χ0) is 18.4. The highest BCUT2D eigenvalue weighted by molar-refractivity contribution is 14.0. The van der Waals surface area contributed by atoms with Crippen molar-refractivity contribution in [1.82, 2.24) is 25.2 Å². The zero-order valence-corrected chi connectivity index (χ0v) is 16.8. The number of nitrogens with zero attached hydrogens (tertiary/aromatic N) is 4. The number of fused-ring (bicyclic) bond motifs is 1. The molecule has 0 fully saturated rings. The molecule has 0 saturated heterocycles. The van der Waals surface area contributed by atoms with Gasteiger partial charge in [-0.3, -0.25) is 14.2 Å². The van der Waals surface area contributed by atoms with E-state index in [1.165, 1.54) is 24.3 Å². The lowest BCUT2D eigenvalue weighted by molar-refractivity contribution is -0.115. The van der Waals surface area contributed by atoms with Crippen LogP contribution in [0.4, 0.5) is 10.1 Å². The number of carbonyl (C=O) groups excluding carboxylic acids is 1. The number of anilines is 1. The summed E-state index contributed by atoms with van der Waals surface area (Å²) in [4.78, 5) is 16.0. The maximum atomic E-state index is 12.9. The quantitative estimate of drug-likeness (QED) is 0.292. The van der Waals surface area contributed by atoms with Gasteiger partial charge in [-0.2, -0.15) is 0 Å². The first-order valence-corrected chi connectivity index (χ1v) is 7.94. The Balaban J connectivity index is 0.00000261. The Kier molecular flexibility index (Phi) is 7.46. The molecule has 3 N–H and O–H groups in total. The summed E-state index contributed by atoms with van der Waals surface area (Å²) in [5.74, 6) is 0.547. The summed E-state index contributed by atoms with van der Waals surface area (Å²) in [7, 11) is 1.61. The number of halogens is 2. The number of hydrogen-bond donors (Lipinski definition) is 3. The third-order valence-corrected chi connectivity index (χ3v) is 3.57. The molecule has 0 atom stereocenters. The lowest BCUT2D eigenvalue weighted by Crippen LogP contribution is -2.41. The Morgan fingerprint density at radius 2 is 1.93 bits per heavy atom. The molecule has 8 nitrogen and oxygen atoms in total. The fourth-order valence-corrected chi connectivity index (χ4v) is 2.30. The average molecular weight is 483 g/mol. The second-order valence-electron chi connectivity index (χ2n) is 5.38. The third-order valence-electron chi connectivity index (χ3n) is 3.57. The van der Waals surface area contributed by atoms with Crippen molar-refractivity contribution in [2.75, 3.05) is 18.9 Å². The molecule has 1 amide bonds. The van der Waals surface area contributed by atoms with Crippen molar-refractivity contribution in [3.8, 4) is 0 Å². The normalized spacial score (nSPS) is 11.0. The summed E-state index contributed by atoms with van der Waals surface area (Å²) in [5, 5.41) is 16.8. The number of nitrogens with one attached hydrogen (secondary N) is 3. The molecule has 0 unspecified atom stereocenters. The van der Waals surface area contributed by atoms with E-state index in [-0.39, 0.29) is 42.2 Å². The van der Waals surface area contributed by atoms with Crippen LogP contribution in [0.2, 0.25) is 0 Å². The highest BCUT2D eigenvalue weighted by Gasteiger charge is 2.07. The van der Waals surface area contributed by atoms with Gasteiger partial charge >= 0.3 is 0 Å². The maximum absolute atomic E-state index is 12.9. The fourth-order valence-electron chi connectivity index (χ4n) is 2.30. The second kappa shape index (κ2) is 9.80. The molecule has 2 heterocycles. The van der Waals surface area contributed by atoms with Crippen LogP contribution >= 0.6 is 24.0 Å². The Morgan fingerprint density at radius 3 is 2.67 bits per heavy atom. The smallest absolute Gasteiger partial charge is 0.243 e. The van der Waals surface area contributed by atoms with E-state index in [2.05, 4.69) is 31.1 Å². The van der Waals surface area contributed by atoms with Crippen molar-refractivity contribution < 1.29 is 9.18 Å². The van der Waals surface area contributed by atoms with E-state index in [0.29, 0.717) is 18.2 Å². The van der Waals surface area contributed by atoms with E-state index in [9.17, 15) is 9.18 Å². The summed E-state index contributed by atoms with van der Waals surface area (Å²) in [6.07, 6.45) is 1.87. The minimum absolute atomic E-state index is 0. The first-order valence-electron chi connectivity index (χ1n) is 7.94. The van der Waals surface area contributed by atoms with E-state index in [1.807, 2.05) is 28.8 Å². The van der Waals surface area contributed by atoms with E-state index in [4.69, 9.17) is 0 Å². The summed E-state index contributed by atoms with van der Waals surface area (Å²) in [5.41, 5.74) is 1.28. The van der Waals surface area contributed by atoms with Crippen LogP contribution in [0, 0.1) is 5.82 Å². The summed E-state index contributed by atoms with van der Waals surface area (Å²) >= 11 is 0. The molecule has 1 aromatic carbocycles.